The standard InChI is InChI=1S/C27H25N3O3/c1-19-7-5-11-25-28-24(18-30(19)25)27(32)29-16-6-8-21(17-29)26(31)20-12-14-23(15-13-20)33-22-9-3-2-4-10-22/h2-5,7,9-15,18,21H,6,8,16-17H2,1H3. The molecule has 1 fully saturated rings. The van der Waals surface area contributed by atoms with E-state index in [9.17, 15) is 9.59 Å². The van der Waals surface area contributed by atoms with Crippen molar-refractivity contribution in [3.8, 4) is 11.5 Å². The van der Waals surface area contributed by atoms with Crippen LogP contribution in [0.1, 0.15) is 39.4 Å². The number of aryl methyl sites for hydroxylation is 1. The van der Waals surface area contributed by atoms with Gasteiger partial charge in [-0.05, 0) is 68.3 Å². The van der Waals surface area contributed by atoms with E-state index < -0.39 is 0 Å². The summed E-state index contributed by atoms with van der Waals surface area (Å²) in [6.07, 6.45) is 3.35. The van der Waals surface area contributed by atoms with E-state index in [4.69, 9.17) is 4.74 Å². The molecule has 4 aromatic rings. The zero-order chi connectivity index (χ0) is 22.8. The third-order valence-corrected chi connectivity index (χ3v) is 6.11. The molecule has 0 radical (unpaired) electrons. The van der Waals surface area contributed by atoms with Crippen LogP contribution in [0.25, 0.3) is 5.65 Å². The van der Waals surface area contributed by atoms with E-state index in [0.717, 1.165) is 29.9 Å². The van der Waals surface area contributed by atoms with E-state index >= 15 is 0 Å². The van der Waals surface area contributed by atoms with Gasteiger partial charge in [0.05, 0.1) is 0 Å². The fourth-order valence-electron chi connectivity index (χ4n) is 4.34. The van der Waals surface area contributed by atoms with Gasteiger partial charge in [-0.1, -0.05) is 24.3 Å². The number of Topliss-reactive ketones (excluding diaryl/α,β-unsaturated/α-hetero) is 1. The summed E-state index contributed by atoms with van der Waals surface area (Å²) in [5.41, 5.74) is 2.82. The van der Waals surface area contributed by atoms with E-state index in [2.05, 4.69) is 4.98 Å². The zero-order valence-corrected chi connectivity index (χ0v) is 18.5. The third-order valence-electron chi connectivity index (χ3n) is 6.11. The summed E-state index contributed by atoms with van der Waals surface area (Å²) in [5.74, 6) is 1.15. The maximum absolute atomic E-state index is 13.2. The Hall–Kier alpha value is -3.93. The van der Waals surface area contributed by atoms with Crippen molar-refractivity contribution in [3.05, 3.63) is 95.9 Å². The summed E-state index contributed by atoms with van der Waals surface area (Å²) in [4.78, 5) is 32.5. The second kappa shape index (κ2) is 8.90. The molecule has 0 bridgehead atoms. The molecule has 3 heterocycles. The normalized spacial score (nSPS) is 16.0. The van der Waals surface area contributed by atoms with Gasteiger partial charge in [0, 0.05) is 36.5 Å². The van der Waals surface area contributed by atoms with Crippen LogP contribution in [0, 0.1) is 12.8 Å². The predicted molar refractivity (Wildman–Crippen MR) is 126 cm³/mol. The van der Waals surface area contributed by atoms with E-state index in [1.165, 1.54) is 0 Å². The van der Waals surface area contributed by atoms with Crippen molar-refractivity contribution in [1.82, 2.24) is 14.3 Å². The number of imidazole rings is 1. The van der Waals surface area contributed by atoms with Crippen LogP contribution in [0.3, 0.4) is 0 Å². The lowest BCUT2D eigenvalue weighted by atomic mass is 9.90. The van der Waals surface area contributed by atoms with Gasteiger partial charge in [-0.3, -0.25) is 9.59 Å². The quantitative estimate of drug-likeness (QED) is 0.403. The van der Waals surface area contributed by atoms with Crippen molar-refractivity contribution in [2.75, 3.05) is 13.1 Å². The summed E-state index contributed by atoms with van der Waals surface area (Å²) >= 11 is 0. The van der Waals surface area contributed by atoms with E-state index in [-0.39, 0.29) is 17.6 Å². The number of rotatable bonds is 5. The number of hydrogen-bond donors (Lipinski definition) is 0. The number of carbonyl (C=O) groups is 2. The Morgan fingerprint density at radius 1 is 0.939 bits per heavy atom. The maximum atomic E-state index is 13.2. The molecule has 0 spiro atoms. The lowest BCUT2D eigenvalue weighted by Gasteiger charge is -2.31. The second-order valence-corrected chi connectivity index (χ2v) is 8.42. The van der Waals surface area contributed by atoms with Crippen molar-refractivity contribution < 1.29 is 14.3 Å². The number of hydrogen-bond acceptors (Lipinski definition) is 4. The molecule has 0 saturated carbocycles. The van der Waals surface area contributed by atoms with Crippen molar-refractivity contribution in [3.63, 3.8) is 0 Å². The van der Waals surface area contributed by atoms with Gasteiger partial charge in [0.2, 0.25) is 0 Å². The summed E-state index contributed by atoms with van der Waals surface area (Å²) in [6, 6.07) is 22.5. The molecule has 1 aliphatic heterocycles. The molecule has 1 amide bonds. The van der Waals surface area contributed by atoms with Gasteiger partial charge in [-0.25, -0.2) is 4.98 Å². The van der Waals surface area contributed by atoms with Gasteiger partial charge in [-0.15, -0.1) is 0 Å². The van der Waals surface area contributed by atoms with Crippen LogP contribution in [0.15, 0.2) is 79.0 Å². The van der Waals surface area contributed by atoms with Crippen LogP contribution in [0.5, 0.6) is 11.5 Å². The van der Waals surface area contributed by atoms with Crippen LogP contribution in [0.2, 0.25) is 0 Å². The highest BCUT2D eigenvalue weighted by molar-refractivity contribution is 5.99. The van der Waals surface area contributed by atoms with Crippen molar-refractivity contribution in [2.45, 2.75) is 19.8 Å². The number of fused-ring (bicyclic) bond motifs is 1. The number of ether oxygens (including phenoxy) is 1. The highest BCUT2D eigenvalue weighted by Gasteiger charge is 2.30. The average molecular weight is 440 g/mol. The first kappa shape index (κ1) is 20.9. The summed E-state index contributed by atoms with van der Waals surface area (Å²) < 4.78 is 7.73. The topological polar surface area (TPSA) is 63.9 Å². The molecule has 1 saturated heterocycles. The molecule has 1 unspecified atom stereocenters. The molecule has 0 N–H and O–H groups in total. The number of amides is 1. The van der Waals surface area contributed by atoms with Crippen LogP contribution >= 0.6 is 0 Å². The number of likely N-dealkylation sites (tertiary alicyclic amines) is 1. The minimum Gasteiger partial charge on any atom is -0.457 e. The van der Waals surface area contributed by atoms with Gasteiger partial charge < -0.3 is 14.0 Å². The average Bonchev–Trinajstić information content (AvgIpc) is 3.30. The van der Waals surface area contributed by atoms with Gasteiger partial charge in [-0.2, -0.15) is 0 Å². The third kappa shape index (κ3) is 4.37. The summed E-state index contributed by atoms with van der Waals surface area (Å²) in [7, 11) is 0. The number of para-hydroxylation sites is 1. The Balaban J connectivity index is 1.27. The fraction of sp³-hybridized carbons (Fsp3) is 0.222. The van der Waals surface area contributed by atoms with Crippen LogP contribution in [-0.2, 0) is 0 Å². The van der Waals surface area contributed by atoms with Crippen LogP contribution in [-0.4, -0.2) is 39.1 Å². The Morgan fingerprint density at radius 2 is 1.70 bits per heavy atom. The SMILES string of the molecule is Cc1cccc2nc(C(=O)N3CCCC(C(=O)c4ccc(Oc5ccccc5)cc4)C3)cn12. The number of aromatic nitrogens is 2. The summed E-state index contributed by atoms with van der Waals surface area (Å²) in [5, 5.41) is 0. The number of nitrogens with zero attached hydrogens (tertiary/aromatic N) is 3. The molecule has 6 heteroatoms. The van der Waals surface area contributed by atoms with Gasteiger partial charge in [0.1, 0.15) is 22.8 Å². The zero-order valence-electron chi connectivity index (χ0n) is 18.5. The fourth-order valence-corrected chi connectivity index (χ4v) is 4.34. The summed E-state index contributed by atoms with van der Waals surface area (Å²) in [6.45, 7) is 3.03. The highest BCUT2D eigenvalue weighted by Crippen LogP contribution is 2.25. The van der Waals surface area contributed by atoms with E-state index in [1.54, 1.807) is 23.2 Å². The number of benzene rings is 2. The molecule has 6 nitrogen and oxygen atoms in total. The lowest BCUT2D eigenvalue weighted by molar-refractivity contribution is 0.0632. The van der Waals surface area contributed by atoms with Crippen LogP contribution < -0.4 is 4.74 Å². The highest BCUT2D eigenvalue weighted by atomic mass is 16.5. The molecular formula is C27H25N3O3. The number of ketones is 1. The first-order valence-electron chi connectivity index (χ1n) is 11.2. The molecule has 2 aromatic heterocycles. The monoisotopic (exact) mass is 439 g/mol. The van der Waals surface area contributed by atoms with Crippen LogP contribution in [0.4, 0.5) is 0 Å². The molecule has 33 heavy (non-hydrogen) atoms. The van der Waals surface area contributed by atoms with Gasteiger partial charge >= 0.3 is 0 Å². The maximum Gasteiger partial charge on any atom is 0.274 e. The molecule has 1 aliphatic rings. The van der Waals surface area contributed by atoms with Gasteiger partial charge in [0.15, 0.2) is 5.78 Å². The predicted octanol–water partition coefficient (Wildman–Crippen LogP) is 5.17. The number of carbonyl (C=O) groups excluding carboxylic acids is 2. The van der Waals surface area contributed by atoms with E-state index in [0.29, 0.717) is 30.1 Å². The molecule has 1 atom stereocenters. The minimum absolute atomic E-state index is 0.0598. The molecule has 0 aliphatic carbocycles. The molecule has 166 valence electrons. The molecule has 2 aromatic carbocycles. The molecule has 5 rings (SSSR count). The van der Waals surface area contributed by atoms with Crippen molar-refractivity contribution in [1.29, 1.82) is 0 Å². The van der Waals surface area contributed by atoms with E-state index in [1.807, 2.05) is 72.0 Å². The Morgan fingerprint density at radius 3 is 2.45 bits per heavy atom. The van der Waals surface area contributed by atoms with Crippen molar-refractivity contribution in [2.24, 2.45) is 5.92 Å². The Bertz CT molecular complexity index is 1300. The second-order valence-electron chi connectivity index (χ2n) is 8.42. The largest absolute Gasteiger partial charge is 0.457 e. The smallest absolute Gasteiger partial charge is 0.274 e. The number of piperidine rings is 1. The first-order valence-corrected chi connectivity index (χ1v) is 11.2. The molecular weight excluding hydrogens is 414 g/mol. The minimum atomic E-state index is -0.220. The van der Waals surface area contributed by atoms with Crippen molar-refractivity contribution >= 4 is 17.3 Å². The first-order chi connectivity index (χ1) is 16.1. The lowest BCUT2D eigenvalue weighted by Crippen LogP contribution is -2.42. The number of pyridine rings is 1. The Labute approximate surface area is 192 Å². The Kier molecular flexibility index (Phi) is 5.65. The van der Waals surface area contributed by atoms with Gasteiger partial charge in [0.25, 0.3) is 5.91 Å².